The summed E-state index contributed by atoms with van der Waals surface area (Å²) in [6, 6.07) is 17.8. The van der Waals surface area contributed by atoms with Crippen molar-refractivity contribution < 1.29 is 9.31 Å². The van der Waals surface area contributed by atoms with E-state index in [1.54, 1.807) is 35.6 Å². The summed E-state index contributed by atoms with van der Waals surface area (Å²) in [6.07, 6.45) is 0. The zero-order valence-electron chi connectivity index (χ0n) is 16.7. The molecule has 0 saturated carbocycles. The van der Waals surface area contributed by atoms with E-state index in [2.05, 4.69) is 15.5 Å². The van der Waals surface area contributed by atoms with Gasteiger partial charge in [-0.3, -0.25) is 14.7 Å². The number of anilines is 2. The molecule has 162 valence electrons. The topological polar surface area (TPSA) is 85.9 Å². The highest BCUT2D eigenvalue weighted by molar-refractivity contribution is 7.20. The number of benzene rings is 3. The monoisotopic (exact) mass is 477 g/mol. The molecule has 1 unspecified atom stereocenters. The first-order valence-electron chi connectivity index (χ1n) is 9.94. The summed E-state index contributed by atoms with van der Waals surface area (Å²) >= 11 is 7.82. The quantitative estimate of drug-likeness (QED) is 0.230. The van der Waals surface area contributed by atoms with Gasteiger partial charge in [-0.1, -0.05) is 35.9 Å². The number of nitrogens with zero attached hydrogens (tertiary/aromatic N) is 4. The average molecular weight is 478 g/mol. The van der Waals surface area contributed by atoms with Crippen LogP contribution in [0.3, 0.4) is 0 Å². The molecule has 0 bridgehead atoms. The lowest BCUT2D eigenvalue weighted by Gasteiger charge is -2.27. The van der Waals surface area contributed by atoms with Crippen LogP contribution < -0.4 is 5.32 Å². The van der Waals surface area contributed by atoms with Gasteiger partial charge in [0.05, 0.1) is 15.5 Å². The number of thiophene rings is 1. The summed E-state index contributed by atoms with van der Waals surface area (Å²) in [4.78, 5) is 12.0. The predicted molar refractivity (Wildman–Crippen MR) is 126 cm³/mol. The summed E-state index contributed by atoms with van der Waals surface area (Å²) in [5, 5.41) is 25.0. The Balaban J connectivity index is 1.64. The van der Waals surface area contributed by atoms with Gasteiger partial charge in [0.15, 0.2) is 5.82 Å². The van der Waals surface area contributed by atoms with Crippen molar-refractivity contribution >= 4 is 50.3 Å². The van der Waals surface area contributed by atoms with Crippen LogP contribution >= 0.6 is 22.9 Å². The number of hydrogen-bond acceptors (Lipinski definition) is 6. The molecule has 0 aliphatic carbocycles. The number of nitrogens with one attached hydrogen (secondary N) is 1. The normalized spacial score (nSPS) is 14.5. The molecule has 5 aromatic rings. The number of nitro benzene ring substituents is 1. The predicted octanol–water partition coefficient (Wildman–Crippen LogP) is 6.56. The third kappa shape index (κ3) is 3.16. The minimum absolute atomic E-state index is 0.0151. The smallest absolute Gasteiger partial charge is 0.269 e. The van der Waals surface area contributed by atoms with Gasteiger partial charge in [-0.25, -0.2) is 4.39 Å². The van der Waals surface area contributed by atoms with Gasteiger partial charge in [0.1, 0.15) is 11.9 Å². The highest BCUT2D eigenvalue weighted by atomic mass is 35.5. The van der Waals surface area contributed by atoms with E-state index in [0.29, 0.717) is 27.9 Å². The highest BCUT2D eigenvalue weighted by Gasteiger charge is 2.34. The van der Waals surface area contributed by atoms with Gasteiger partial charge in [0, 0.05) is 32.8 Å². The maximum Gasteiger partial charge on any atom is 0.269 e. The second-order valence-electron chi connectivity index (χ2n) is 7.59. The molecule has 1 aliphatic rings. The molecule has 3 aromatic carbocycles. The maximum absolute atomic E-state index is 14.0. The second kappa shape index (κ2) is 7.36. The highest BCUT2D eigenvalue weighted by Crippen LogP contribution is 2.50. The van der Waals surface area contributed by atoms with Crippen LogP contribution in [0.5, 0.6) is 0 Å². The van der Waals surface area contributed by atoms with E-state index in [-0.39, 0.29) is 5.69 Å². The third-order valence-electron chi connectivity index (χ3n) is 5.60. The Hall–Kier alpha value is -3.82. The Labute approximate surface area is 195 Å². The van der Waals surface area contributed by atoms with Crippen LogP contribution in [-0.4, -0.2) is 19.7 Å². The molecule has 0 fully saturated rings. The molecule has 6 rings (SSSR count). The Kier molecular flexibility index (Phi) is 4.42. The number of nitro groups is 1. The van der Waals surface area contributed by atoms with Crippen LogP contribution in [0.4, 0.5) is 21.7 Å². The van der Waals surface area contributed by atoms with Crippen LogP contribution in [0.15, 0.2) is 66.7 Å². The zero-order valence-corrected chi connectivity index (χ0v) is 18.3. The summed E-state index contributed by atoms with van der Waals surface area (Å²) in [6.45, 7) is 0. The fourth-order valence-corrected chi connectivity index (χ4v) is 5.63. The Bertz CT molecular complexity index is 1580. The van der Waals surface area contributed by atoms with Crippen LogP contribution in [0.25, 0.3) is 21.5 Å². The number of hydrogen-bond donors (Lipinski definition) is 1. The van der Waals surface area contributed by atoms with Crippen LogP contribution in [0.2, 0.25) is 5.02 Å². The van der Waals surface area contributed by atoms with Crippen molar-refractivity contribution in [2.24, 2.45) is 0 Å². The van der Waals surface area contributed by atoms with Crippen molar-refractivity contribution in [1.29, 1.82) is 0 Å². The Morgan fingerprint density at radius 1 is 1.09 bits per heavy atom. The Morgan fingerprint density at radius 2 is 1.94 bits per heavy atom. The fraction of sp³-hybridized carbons (Fsp3) is 0.0435. The molecule has 3 heterocycles. The van der Waals surface area contributed by atoms with Gasteiger partial charge in [0.2, 0.25) is 5.95 Å². The minimum atomic E-state index is -0.458. The van der Waals surface area contributed by atoms with E-state index in [0.717, 1.165) is 20.7 Å². The molecule has 33 heavy (non-hydrogen) atoms. The zero-order chi connectivity index (χ0) is 22.7. The van der Waals surface area contributed by atoms with E-state index >= 15 is 0 Å². The summed E-state index contributed by atoms with van der Waals surface area (Å²) in [7, 11) is 0. The van der Waals surface area contributed by atoms with Crippen molar-refractivity contribution in [3.05, 3.63) is 98.1 Å². The third-order valence-corrected chi connectivity index (χ3v) is 7.05. The minimum Gasteiger partial charge on any atom is -0.323 e. The van der Waals surface area contributed by atoms with Crippen molar-refractivity contribution in [1.82, 2.24) is 14.8 Å². The number of aromatic nitrogens is 3. The molecular formula is C23H13ClFN5O2S. The lowest BCUT2D eigenvalue weighted by Crippen LogP contribution is -2.20. The molecule has 10 heteroatoms. The van der Waals surface area contributed by atoms with Crippen molar-refractivity contribution in [2.75, 3.05) is 5.32 Å². The molecule has 1 N–H and O–H groups in total. The van der Waals surface area contributed by atoms with E-state index in [9.17, 15) is 14.5 Å². The molecule has 1 atom stereocenters. The lowest BCUT2D eigenvalue weighted by molar-refractivity contribution is -0.384. The van der Waals surface area contributed by atoms with Crippen LogP contribution in [0.1, 0.15) is 16.5 Å². The van der Waals surface area contributed by atoms with E-state index in [4.69, 9.17) is 11.6 Å². The summed E-state index contributed by atoms with van der Waals surface area (Å²) in [5.41, 5.74) is 2.07. The molecule has 7 nitrogen and oxygen atoms in total. The summed E-state index contributed by atoms with van der Waals surface area (Å²) < 4.78 is 16.9. The molecule has 0 saturated heterocycles. The van der Waals surface area contributed by atoms with Gasteiger partial charge < -0.3 is 5.32 Å². The van der Waals surface area contributed by atoms with E-state index < -0.39 is 16.8 Å². The first-order chi connectivity index (χ1) is 16.0. The van der Waals surface area contributed by atoms with E-state index in [1.165, 1.54) is 18.2 Å². The fourth-order valence-electron chi connectivity index (χ4n) is 4.19. The average Bonchev–Trinajstić information content (AvgIpc) is 3.39. The van der Waals surface area contributed by atoms with Gasteiger partial charge in [0.25, 0.3) is 5.69 Å². The van der Waals surface area contributed by atoms with Gasteiger partial charge >= 0.3 is 0 Å². The first-order valence-corrected chi connectivity index (χ1v) is 11.1. The molecule has 0 spiro atoms. The number of fused-ring (bicyclic) bond motifs is 4. The Morgan fingerprint density at radius 3 is 2.76 bits per heavy atom. The van der Waals surface area contributed by atoms with Crippen molar-refractivity contribution in [3.63, 3.8) is 0 Å². The van der Waals surface area contributed by atoms with E-state index in [1.807, 2.05) is 28.8 Å². The van der Waals surface area contributed by atoms with Gasteiger partial charge in [-0.2, -0.15) is 0 Å². The molecule has 0 amide bonds. The molecule has 2 aromatic heterocycles. The maximum atomic E-state index is 14.0. The van der Waals surface area contributed by atoms with Crippen molar-refractivity contribution in [2.45, 2.75) is 6.04 Å². The molecular weight excluding hydrogens is 465 g/mol. The largest absolute Gasteiger partial charge is 0.323 e. The number of halogens is 2. The number of rotatable bonds is 3. The van der Waals surface area contributed by atoms with Crippen LogP contribution in [0, 0.1) is 15.9 Å². The van der Waals surface area contributed by atoms with Crippen LogP contribution in [-0.2, 0) is 0 Å². The van der Waals surface area contributed by atoms with Crippen molar-refractivity contribution in [3.8, 4) is 11.4 Å². The SMILES string of the molecule is O=[N+]([O-])c1cccc(C2c3sc4ccc(Cl)cc4c3Nc3nnc(-c4cccc(F)c4)n32)c1. The first kappa shape index (κ1) is 19.8. The van der Waals surface area contributed by atoms with Gasteiger partial charge in [-0.05, 0) is 35.9 Å². The number of non-ortho nitro benzene ring substituents is 1. The lowest BCUT2D eigenvalue weighted by atomic mass is 10.0. The van der Waals surface area contributed by atoms with Gasteiger partial charge in [-0.15, -0.1) is 21.5 Å². The standard InChI is InChI=1S/C23H13ClFN5O2S/c24-14-7-8-18-17(11-14)19-21(33-18)20(12-3-2-6-16(10-12)30(31)32)29-22(27-28-23(29)26-19)13-4-1-5-15(25)9-13/h1-11,20H,(H,26,28). The summed E-state index contributed by atoms with van der Waals surface area (Å²) in [5.74, 6) is 0.519. The molecule has 1 aliphatic heterocycles. The second-order valence-corrected chi connectivity index (χ2v) is 9.11. The molecule has 0 radical (unpaired) electrons.